The van der Waals surface area contributed by atoms with Crippen LogP contribution in [0.2, 0.25) is 0 Å². The van der Waals surface area contributed by atoms with Gasteiger partial charge in [0.25, 0.3) is 0 Å². The summed E-state index contributed by atoms with van der Waals surface area (Å²) < 4.78 is 5.98. The van der Waals surface area contributed by atoms with Gasteiger partial charge >= 0.3 is 5.97 Å². The Hall–Kier alpha value is -3.35. The maximum atomic E-state index is 11.8. The van der Waals surface area contributed by atoms with Crippen molar-refractivity contribution in [1.82, 2.24) is 5.32 Å². The van der Waals surface area contributed by atoms with Gasteiger partial charge in [0, 0.05) is 12.6 Å². The number of rotatable bonds is 10. The van der Waals surface area contributed by atoms with Crippen molar-refractivity contribution in [3.05, 3.63) is 82.9 Å². The average Bonchev–Trinajstić information content (AvgIpc) is 3.42. The van der Waals surface area contributed by atoms with E-state index in [1.54, 1.807) is 30.3 Å². The molecule has 2 atom stereocenters. The number of carboxylic acids is 1. The highest BCUT2D eigenvalue weighted by atomic mass is 16.5. The lowest BCUT2D eigenvalue weighted by molar-refractivity contribution is 0.0695. The molecule has 4 rings (SSSR count). The third-order valence-electron chi connectivity index (χ3n) is 7.12. The van der Waals surface area contributed by atoms with Crippen molar-refractivity contribution in [2.45, 2.75) is 57.6 Å². The summed E-state index contributed by atoms with van der Waals surface area (Å²) in [5.41, 5.74) is 5.18. The van der Waals surface area contributed by atoms with E-state index in [2.05, 4.69) is 17.4 Å². The first-order valence-corrected chi connectivity index (χ1v) is 12.6. The van der Waals surface area contributed by atoms with Gasteiger partial charge in [-0.25, -0.2) is 4.79 Å². The molecule has 0 aliphatic heterocycles. The number of aryl methyl sites for hydroxylation is 1. The molecule has 190 valence electrons. The van der Waals surface area contributed by atoms with E-state index in [1.165, 1.54) is 0 Å². The van der Waals surface area contributed by atoms with Crippen LogP contribution in [0.15, 0.2) is 60.7 Å². The number of nitrogens with one attached hydrogen (secondary N) is 1. The number of carbonyl (C=O) groups is 1. The molecule has 4 N–H and O–H groups in total. The van der Waals surface area contributed by atoms with Crippen molar-refractivity contribution >= 4 is 5.97 Å². The van der Waals surface area contributed by atoms with E-state index in [-0.39, 0.29) is 11.8 Å². The molecule has 0 heterocycles. The molecule has 0 saturated heterocycles. The van der Waals surface area contributed by atoms with E-state index in [4.69, 9.17) is 4.74 Å². The van der Waals surface area contributed by atoms with Gasteiger partial charge in [0.05, 0.1) is 11.7 Å². The number of benzene rings is 3. The molecule has 0 radical (unpaired) electrons. The van der Waals surface area contributed by atoms with Crippen molar-refractivity contribution in [2.24, 2.45) is 0 Å². The molecular formula is C30H35NO5. The Kier molecular flexibility index (Phi) is 8.28. The van der Waals surface area contributed by atoms with Gasteiger partial charge in [0.1, 0.15) is 18.1 Å². The molecule has 1 saturated carbocycles. The Balaban J connectivity index is 1.36. The zero-order valence-corrected chi connectivity index (χ0v) is 20.9. The molecule has 0 aromatic heterocycles. The van der Waals surface area contributed by atoms with Gasteiger partial charge in [-0.3, -0.25) is 0 Å². The number of phenolic OH excluding ortho intramolecular Hbond substituents is 1. The number of phenols is 1. The van der Waals surface area contributed by atoms with Crippen molar-refractivity contribution in [2.75, 3.05) is 13.2 Å². The van der Waals surface area contributed by atoms with E-state index in [9.17, 15) is 20.1 Å². The van der Waals surface area contributed by atoms with Gasteiger partial charge in [-0.05, 0) is 90.8 Å². The normalized spacial score (nSPS) is 15.5. The molecule has 3 aromatic carbocycles. The van der Waals surface area contributed by atoms with Gasteiger partial charge in [0.2, 0.25) is 0 Å². The summed E-state index contributed by atoms with van der Waals surface area (Å²) in [6.07, 6.45) is 3.72. The molecule has 6 heteroatoms. The predicted molar refractivity (Wildman–Crippen MR) is 141 cm³/mol. The smallest absolute Gasteiger partial charge is 0.335 e. The summed E-state index contributed by atoms with van der Waals surface area (Å²) >= 11 is 0. The monoisotopic (exact) mass is 489 g/mol. The zero-order chi connectivity index (χ0) is 25.7. The van der Waals surface area contributed by atoms with E-state index in [0.29, 0.717) is 24.6 Å². The number of aromatic carboxylic acids is 1. The van der Waals surface area contributed by atoms with Crippen LogP contribution in [0.1, 0.15) is 71.7 Å². The summed E-state index contributed by atoms with van der Waals surface area (Å²) in [7, 11) is 0. The molecule has 36 heavy (non-hydrogen) atoms. The molecule has 0 bridgehead atoms. The van der Waals surface area contributed by atoms with Crippen LogP contribution in [-0.4, -0.2) is 40.5 Å². The lowest BCUT2D eigenvalue weighted by atomic mass is 9.89. The van der Waals surface area contributed by atoms with E-state index < -0.39 is 12.1 Å². The summed E-state index contributed by atoms with van der Waals surface area (Å²) in [6, 6.07) is 18.1. The lowest BCUT2D eigenvalue weighted by Crippen LogP contribution is -2.35. The second-order valence-electron chi connectivity index (χ2n) is 9.70. The molecular weight excluding hydrogens is 454 g/mol. The minimum absolute atomic E-state index is 0.174. The van der Waals surface area contributed by atoms with Gasteiger partial charge in [0.15, 0.2) is 0 Å². The fraction of sp³-hybridized carbons (Fsp3) is 0.367. The third-order valence-corrected chi connectivity index (χ3v) is 7.12. The first-order valence-electron chi connectivity index (χ1n) is 12.6. The largest absolute Gasteiger partial charge is 0.508 e. The van der Waals surface area contributed by atoms with Crippen molar-refractivity contribution < 1.29 is 24.9 Å². The first-order chi connectivity index (χ1) is 17.3. The van der Waals surface area contributed by atoms with Gasteiger partial charge in [-0.15, -0.1) is 0 Å². The van der Waals surface area contributed by atoms with E-state index >= 15 is 0 Å². The van der Waals surface area contributed by atoms with Crippen molar-refractivity contribution in [3.63, 3.8) is 0 Å². The van der Waals surface area contributed by atoms with Gasteiger partial charge in [-0.1, -0.05) is 43.2 Å². The maximum Gasteiger partial charge on any atom is 0.335 e. The highest BCUT2D eigenvalue weighted by Crippen LogP contribution is 2.38. The third kappa shape index (κ3) is 6.07. The fourth-order valence-electron chi connectivity index (χ4n) is 5.02. The van der Waals surface area contributed by atoms with Gasteiger partial charge in [-0.2, -0.15) is 0 Å². The standard InChI is InChI=1S/C30H35NO5/c1-19-17-23(24-9-13-26(30(34)35)27(18-24)21-5-3-4-6-21)10-14-28(19)36-16-15-31-20(2)29(33)22-7-11-25(32)12-8-22/h7-14,17-18,20-21,29,31-33H,3-6,15-16H2,1-2H3,(H,34,35)/t20-,29-/m1/s1. The number of hydrogen-bond donors (Lipinski definition) is 4. The second-order valence-corrected chi connectivity index (χ2v) is 9.70. The zero-order valence-electron chi connectivity index (χ0n) is 20.9. The van der Waals surface area contributed by atoms with Crippen LogP contribution >= 0.6 is 0 Å². The number of aliphatic hydroxyl groups is 1. The van der Waals surface area contributed by atoms with Crippen LogP contribution in [0, 0.1) is 6.92 Å². The number of ether oxygens (including phenoxy) is 1. The topological polar surface area (TPSA) is 99.0 Å². The molecule has 0 amide bonds. The molecule has 0 unspecified atom stereocenters. The average molecular weight is 490 g/mol. The van der Waals surface area contributed by atoms with Crippen LogP contribution in [0.3, 0.4) is 0 Å². The molecule has 1 aliphatic rings. The van der Waals surface area contributed by atoms with Crippen LogP contribution in [0.4, 0.5) is 0 Å². The summed E-state index contributed by atoms with van der Waals surface area (Å²) in [5, 5.41) is 32.9. The minimum Gasteiger partial charge on any atom is -0.508 e. The van der Waals surface area contributed by atoms with Crippen LogP contribution in [0.5, 0.6) is 11.5 Å². The van der Waals surface area contributed by atoms with Crippen molar-refractivity contribution in [3.8, 4) is 22.6 Å². The Morgan fingerprint density at radius 3 is 2.36 bits per heavy atom. The van der Waals surface area contributed by atoms with Crippen LogP contribution in [-0.2, 0) is 0 Å². The Labute approximate surface area is 212 Å². The number of hydrogen-bond acceptors (Lipinski definition) is 5. The van der Waals surface area contributed by atoms with Gasteiger partial charge < -0.3 is 25.4 Å². The summed E-state index contributed by atoms with van der Waals surface area (Å²) in [5.74, 6) is 0.433. The van der Waals surface area contributed by atoms with E-state index in [1.807, 2.05) is 32.0 Å². The fourth-order valence-corrected chi connectivity index (χ4v) is 5.02. The van der Waals surface area contributed by atoms with Crippen LogP contribution < -0.4 is 10.1 Å². The number of aliphatic hydroxyl groups excluding tert-OH is 1. The Bertz CT molecular complexity index is 1180. The number of aromatic hydroxyl groups is 1. The quantitative estimate of drug-likeness (QED) is 0.268. The predicted octanol–water partition coefficient (Wildman–Crippen LogP) is 5.81. The molecule has 1 fully saturated rings. The Morgan fingerprint density at radius 1 is 1.03 bits per heavy atom. The number of carboxylic acid groups (broad SMARTS) is 1. The second kappa shape index (κ2) is 11.6. The van der Waals surface area contributed by atoms with Crippen molar-refractivity contribution in [1.29, 1.82) is 0 Å². The molecule has 1 aliphatic carbocycles. The molecule has 3 aromatic rings. The van der Waals surface area contributed by atoms with E-state index in [0.717, 1.165) is 59.3 Å². The minimum atomic E-state index is -0.859. The van der Waals surface area contributed by atoms with Crippen LogP contribution in [0.25, 0.3) is 11.1 Å². The SMILES string of the molecule is Cc1cc(-c2ccc(C(=O)O)c(C3CCCC3)c2)ccc1OCCN[C@H](C)[C@@H](O)c1ccc(O)cc1. The lowest BCUT2D eigenvalue weighted by Gasteiger charge is -2.21. The Morgan fingerprint density at radius 2 is 1.69 bits per heavy atom. The highest BCUT2D eigenvalue weighted by Gasteiger charge is 2.23. The summed E-state index contributed by atoms with van der Waals surface area (Å²) in [4.78, 5) is 11.8. The maximum absolute atomic E-state index is 11.8. The highest BCUT2D eigenvalue weighted by molar-refractivity contribution is 5.90. The molecule has 0 spiro atoms. The first kappa shape index (κ1) is 25.7. The summed E-state index contributed by atoms with van der Waals surface area (Å²) in [6.45, 7) is 4.94. The molecule has 6 nitrogen and oxygen atoms in total.